The highest BCUT2D eigenvalue weighted by Gasteiger charge is 2.34. The van der Waals surface area contributed by atoms with Crippen LogP contribution in [-0.2, 0) is 6.18 Å². The fourth-order valence-electron chi connectivity index (χ4n) is 1.78. The normalized spacial score (nSPS) is 18.5. The fourth-order valence-corrected chi connectivity index (χ4v) is 1.95. The highest BCUT2D eigenvalue weighted by atomic mass is 35.5. The first kappa shape index (κ1) is 13.5. The number of nitrogens with zero attached hydrogens (tertiary/aromatic N) is 1. The summed E-state index contributed by atoms with van der Waals surface area (Å²) in [6, 6.07) is 4.87. The van der Waals surface area contributed by atoms with Gasteiger partial charge in [-0.2, -0.15) is 18.4 Å². The largest absolute Gasteiger partial charge is 0.417 e. The molecule has 98 valence electrons. The van der Waals surface area contributed by atoms with Crippen molar-refractivity contribution in [3.8, 4) is 6.07 Å². The summed E-state index contributed by atoms with van der Waals surface area (Å²) in [5.74, 6) is 0. The Morgan fingerprint density at radius 3 is 2.68 bits per heavy atom. The lowest BCUT2D eigenvalue weighted by Crippen LogP contribution is -2.22. The summed E-state index contributed by atoms with van der Waals surface area (Å²) in [7, 11) is 0. The molecule has 1 N–H and O–H groups in total. The molecule has 1 heterocycles. The summed E-state index contributed by atoms with van der Waals surface area (Å²) in [5, 5.41) is 11.5. The molecule has 6 heteroatoms. The molecule has 1 atom stereocenters. The molecule has 1 aromatic carbocycles. The first-order chi connectivity index (χ1) is 8.91. The smallest absolute Gasteiger partial charge is 0.373 e. The van der Waals surface area contributed by atoms with E-state index in [1.807, 2.05) is 6.07 Å². The zero-order chi connectivity index (χ0) is 14.0. The van der Waals surface area contributed by atoms with Crippen LogP contribution in [0.2, 0.25) is 5.02 Å². The summed E-state index contributed by atoms with van der Waals surface area (Å²) >= 11 is 5.62. The van der Waals surface area contributed by atoms with Crippen molar-refractivity contribution in [2.75, 3.05) is 0 Å². The van der Waals surface area contributed by atoms with Crippen LogP contribution in [0.3, 0.4) is 0 Å². The molecule has 0 amide bonds. The highest BCUT2D eigenvalue weighted by molar-refractivity contribution is 6.30. The molecule has 0 aliphatic carbocycles. The minimum absolute atomic E-state index is 0.00917. The Morgan fingerprint density at radius 2 is 2.05 bits per heavy atom. The van der Waals surface area contributed by atoms with Crippen LogP contribution in [0.15, 0.2) is 36.6 Å². The van der Waals surface area contributed by atoms with Crippen molar-refractivity contribution in [1.82, 2.24) is 5.32 Å². The predicted octanol–water partition coefficient (Wildman–Crippen LogP) is 3.75. The van der Waals surface area contributed by atoms with Gasteiger partial charge in [0.15, 0.2) is 0 Å². The van der Waals surface area contributed by atoms with Crippen molar-refractivity contribution in [3.63, 3.8) is 0 Å². The zero-order valence-electron chi connectivity index (χ0n) is 9.50. The molecule has 2 rings (SSSR count). The van der Waals surface area contributed by atoms with Gasteiger partial charge in [0.2, 0.25) is 0 Å². The Bertz CT molecular complexity index is 597. The maximum absolute atomic E-state index is 13.0. The van der Waals surface area contributed by atoms with Gasteiger partial charge in [-0.25, -0.2) is 0 Å². The molecular weight excluding hydrogens is 277 g/mol. The third-order valence-corrected chi connectivity index (χ3v) is 2.86. The van der Waals surface area contributed by atoms with E-state index in [0.29, 0.717) is 5.57 Å². The van der Waals surface area contributed by atoms with Crippen molar-refractivity contribution in [2.24, 2.45) is 0 Å². The first-order valence-electron chi connectivity index (χ1n) is 5.33. The molecule has 0 saturated carbocycles. The maximum atomic E-state index is 13.0. The number of alkyl halides is 3. The molecule has 1 aromatic rings. The molecule has 1 unspecified atom stereocenters. The number of rotatable bonds is 1. The van der Waals surface area contributed by atoms with Crippen LogP contribution in [0, 0.1) is 11.3 Å². The quantitative estimate of drug-likeness (QED) is 0.852. The van der Waals surface area contributed by atoms with Crippen LogP contribution in [-0.4, -0.2) is 6.04 Å². The Labute approximate surface area is 112 Å². The van der Waals surface area contributed by atoms with Crippen LogP contribution in [0.4, 0.5) is 13.2 Å². The van der Waals surface area contributed by atoms with E-state index in [1.165, 1.54) is 30.5 Å². The van der Waals surface area contributed by atoms with Gasteiger partial charge in [0.25, 0.3) is 0 Å². The Hall–Kier alpha value is -1.93. The molecule has 0 saturated heterocycles. The van der Waals surface area contributed by atoms with E-state index in [9.17, 15) is 13.2 Å². The van der Waals surface area contributed by atoms with E-state index in [1.54, 1.807) is 0 Å². The molecule has 0 bridgehead atoms. The summed E-state index contributed by atoms with van der Waals surface area (Å²) in [6.45, 7) is 0. The predicted molar refractivity (Wildman–Crippen MR) is 66.1 cm³/mol. The van der Waals surface area contributed by atoms with Crippen LogP contribution >= 0.6 is 11.6 Å². The molecule has 0 radical (unpaired) electrons. The molecule has 0 spiro atoms. The van der Waals surface area contributed by atoms with Gasteiger partial charge in [0, 0.05) is 5.02 Å². The lowest BCUT2D eigenvalue weighted by atomic mass is 9.96. The monoisotopic (exact) mass is 284 g/mol. The molecule has 0 fully saturated rings. The Balaban J connectivity index is 2.55. The first-order valence-corrected chi connectivity index (χ1v) is 5.71. The van der Waals surface area contributed by atoms with Gasteiger partial charge in [0.1, 0.15) is 6.04 Å². The van der Waals surface area contributed by atoms with Crippen molar-refractivity contribution < 1.29 is 13.2 Å². The standard InChI is InChI=1S/C13H8ClF3N2/c14-9-1-2-11(12(6-9)13(15,16)17)8-3-4-19-10(5-8)7-18/h1-6,10,19H. The lowest BCUT2D eigenvalue weighted by molar-refractivity contribution is -0.137. The van der Waals surface area contributed by atoms with E-state index >= 15 is 0 Å². The summed E-state index contributed by atoms with van der Waals surface area (Å²) in [4.78, 5) is 0. The van der Waals surface area contributed by atoms with Gasteiger partial charge in [-0.3, -0.25) is 0 Å². The van der Waals surface area contributed by atoms with E-state index < -0.39 is 17.8 Å². The van der Waals surface area contributed by atoms with Crippen molar-refractivity contribution in [2.45, 2.75) is 12.2 Å². The molecule has 0 aromatic heterocycles. The van der Waals surface area contributed by atoms with Crippen molar-refractivity contribution in [1.29, 1.82) is 5.26 Å². The highest BCUT2D eigenvalue weighted by Crippen LogP contribution is 2.37. The van der Waals surface area contributed by atoms with Gasteiger partial charge < -0.3 is 5.32 Å². The van der Waals surface area contributed by atoms with Crippen LogP contribution in [0.25, 0.3) is 5.57 Å². The minimum atomic E-state index is -4.50. The van der Waals surface area contributed by atoms with Gasteiger partial charge >= 0.3 is 6.18 Å². The average molecular weight is 285 g/mol. The van der Waals surface area contributed by atoms with Gasteiger partial charge in [-0.15, -0.1) is 0 Å². The van der Waals surface area contributed by atoms with Crippen LogP contribution < -0.4 is 5.32 Å². The average Bonchev–Trinajstić information content (AvgIpc) is 2.37. The molecule has 2 nitrogen and oxygen atoms in total. The second-order valence-electron chi connectivity index (χ2n) is 3.92. The second kappa shape index (κ2) is 4.98. The molecule has 1 aliphatic rings. The summed E-state index contributed by atoms with van der Waals surface area (Å²) in [6.07, 6.45) is -0.106. The summed E-state index contributed by atoms with van der Waals surface area (Å²) < 4.78 is 38.9. The number of halogens is 4. The fraction of sp³-hybridized carbons (Fsp3) is 0.154. The van der Waals surface area contributed by atoms with Gasteiger partial charge in [-0.05, 0) is 41.6 Å². The topological polar surface area (TPSA) is 35.8 Å². The maximum Gasteiger partial charge on any atom is 0.417 e. The van der Waals surface area contributed by atoms with Crippen LogP contribution in [0.1, 0.15) is 11.1 Å². The summed E-state index contributed by atoms with van der Waals surface area (Å²) in [5.41, 5.74) is -0.460. The molecule has 1 aliphatic heterocycles. The third-order valence-electron chi connectivity index (χ3n) is 2.62. The number of nitriles is 1. The van der Waals surface area contributed by atoms with Crippen LogP contribution in [0.5, 0.6) is 0 Å². The lowest BCUT2D eigenvalue weighted by Gasteiger charge is -2.17. The number of benzene rings is 1. The Morgan fingerprint density at radius 1 is 1.32 bits per heavy atom. The van der Waals surface area contributed by atoms with Crippen molar-refractivity contribution >= 4 is 17.2 Å². The number of allylic oxidation sites excluding steroid dienone is 2. The number of hydrogen-bond donors (Lipinski definition) is 1. The second-order valence-corrected chi connectivity index (χ2v) is 4.35. The number of dihydropyridines is 1. The number of hydrogen-bond acceptors (Lipinski definition) is 2. The molecule has 19 heavy (non-hydrogen) atoms. The minimum Gasteiger partial charge on any atom is -0.373 e. The molecular formula is C13H8ClF3N2. The van der Waals surface area contributed by atoms with Crippen molar-refractivity contribution in [3.05, 3.63) is 52.7 Å². The van der Waals surface area contributed by atoms with Gasteiger partial charge in [0.05, 0.1) is 11.6 Å². The van der Waals surface area contributed by atoms with E-state index in [-0.39, 0.29) is 10.6 Å². The van der Waals surface area contributed by atoms with E-state index in [2.05, 4.69) is 5.32 Å². The van der Waals surface area contributed by atoms with Gasteiger partial charge in [-0.1, -0.05) is 17.7 Å². The van der Waals surface area contributed by atoms with E-state index in [4.69, 9.17) is 16.9 Å². The third kappa shape index (κ3) is 2.91. The SMILES string of the molecule is N#CC1C=C(c2ccc(Cl)cc2C(F)(F)F)C=CN1. The Kier molecular flexibility index (Phi) is 3.54. The zero-order valence-corrected chi connectivity index (χ0v) is 10.3. The number of nitrogens with one attached hydrogen (secondary N) is 1. The van der Waals surface area contributed by atoms with E-state index in [0.717, 1.165) is 6.07 Å².